The molecule has 0 bridgehead atoms. The fourth-order valence-corrected chi connectivity index (χ4v) is 5.46. The molecule has 296 valence electrons. The molecule has 4 aromatic rings. The second-order valence-electron chi connectivity index (χ2n) is 13.3. The number of hydrogen-bond donors (Lipinski definition) is 0. The molecule has 0 spiro atoms. The van der Waals surface area contributed by atoms with E-state index in [1.165, 1.54) is 42.5 Å². The zero-order valence-corrected chi connectivity index (χ0v) is 32.0. The Hall–Kier alpha value is -7.08. The average Bonchev–Trinajstić information content (AvgIpc) is 3.56. The van der Waals surface area contributed by atoms with Crippen molar-refractivity contribution >= 4 is 52.7 Å². The molecule has 1 aliphatic rings. The Labute approximate surface area is 335 Å². The standard InChI is InChI=1S/C46H42N2O10/c1-31(2)45(53)56-30-6-4-3-5-29-55-37-22-16-36(17-23-37)48-47-35-14-10-34(11-15-35)46(54)58-39-18-7-32(8-19-39)9-25-41(49)33-12-20-38(21-13-33)57-44(52)28-24-40-42(50)26-27-43(40)51/h7-23,25-27,40H,1,3-6,24,28-30H2,2H3/b25-9+,48-47?. The number of rotatable bonds is 20. The highest BCUT2D eigenvalue weighted by molar-refractivity contribution is 6.18. The topological polar surface area (TPSA) is 164 Å². The van der Waals surface area contributed by atoms with E-state index in [0.29, 0.717) is 52.6 Å². The van der Waals surface area contributed by atoms with E-state index < -0.39 is 17.9 Å². The van der Waals surface area contributed by atoms with Gasteiger partial charge in [-0.2, -0.15) is 10.2 Å². The zero-order valence-electron chi connectivity index (χ0n) is 32.0. The first-order valence-electron chi connectivity index (χ1n) is 18.7. The van der Waals surface area contributed by atoms with Crippen LogP contribution in [0.2, 0.25) is 0 Å². The van der Waals surface area contributed by atoms with Crippen LogP contribution in [0.15, 0.2) is 138 Å². The van der Waals surface area contributed by atoms with Crippen LogP contribution in [0, 0.1) is 5.92 Å². The highest BCUT2D eigenvalue weighted by Crippen LogP contribution is 2.24. The van der Waals surface area contributed by atoms with E-state index in [-0.39, 0.29) is 41.9 Å². The number of ether oxygens (including phenoxy) is 4. The van der Waals surface area contributed by atoms with Crippen LogP contribution in [-0.2, 0) is 23.9 Å². The molecule has 4 aromatic carbocycles. The summed E-state index contributed by atoms with van der Waals surface area (Å²) in [5, 5.41) is 8.50. The molecule has 0 amide bonds. The summed E-state index contributed by atoms with van der Waals surface area (Å²) in [6.45, 7) is 6.16. The number of allylic oxidation sites excluding steroid dienone is 3. The average molecular weight is 783 g/mol. The van der Waals surface area contributed by atoms with Gasteiger partial charge in [0, 0.05) is 17.6 Å². The van der Waals surface area contributed by atoms with Gasteiger partial charge in [-0.05, 0) is 148 Å². The molecule has 1 aliphatic carbocycles. The molecule has 5 rings (SSSR count). The second kappa shape index (κ2) is 21.3. The van der Waals surface area contributed by atoms with Gasteiger partial charge in [-0.25, -0.2) is 9.59 Å². The second-order valence-corrected chi connectivity index (χ2v) is 13.3. The first-order valence-corrected chi connectivity index (χ1v) is 18.7. The Balaban J connectivity index is 0.995. The third-order valence-corrected chi connectivity index (χ3v) is 8.73. The predicted octanol–water partition coefficient (Wildman–Crippen LogP) is 9.29. The van der Waals surface area contributed by atoms with E-state index in [4.69, 9.17) is 18.9 Å². The molecule has 0 aromatic heterocycles. The summed E-state index contributed by atoms with van der Waals surface area (Å²) in [4.78, 5) is 72.4. The van der Waals surface area contributed by atoms with E-state index in [1.54, 1.807) is 73.7 Å². The number of nitrogens with zero attached hydrogens (tertiary/aromatic N) is 2. The van der Waals surface area contributed by atoms with Gasteiger partial charge in [0.15, 0.2) is 17.3 Å². The molecular weight excluding hydrogens is 741 g/mol. The maximum absolute atomic E-state index is 12.8. The molecule has 58 heavy (non-hydrogen) atoms. The van der Waals surface area contributed by atoms with Gasteiger partial charge in [0.2, 0.25) is 0 Å². The van der Waals surface area contributed by atoms with Crippen LogP contribution in [0.5, 0.6) is 17.2 Å². The van der Waals surface area contributed by atoms with Crippen LogP contribution < -0.4 is 14.2 Å². The molecule has 0 aliphatic heterocycles. The highest BCUT2D eigenvalue weighted by Gasteiger charge is 2.28. The van der Waals surface area contributed by atoms with Gasteiger partial charge in [-0.3, -0.25) is 19.2 Å². The maximum Gasteiger partial charge on any atom is 0.343 e. The molecule has 0 N–H and O–H groups in total. The minimum absolute atomic E-state index is 0.0799. The van der Waals surface area contributed by atoms with Gasteiger partial charge in [0.1, 0.15) is 17.2 Å². The molecule has 0 fully saturated rings. The van der Waals surface area contributed by atoms with Crippen molar-refractivity contribution in [2.75, 3.05) is 13.2 Å². The number of unbranched alkanes of at least 4 members (excludes halogenated alkanes) is 3. The van der Waals surface area contributed by atoms with Gasteiger partial charge in [-0.1, -0.05) is 24.8 Å². The van der Waals surface area contributed by atoms with Crippen molar-refractivity contribution in [3.05, 3.63) is 144 Å². The van der Waals surface area contributed by atoms with Gasteiger partial charge in [0.25, 0.3) is 0 Å². The lowest BCUT2D eigenvalue weighted by Gasteiger charge is -2.07. The van der Waals surface area contributed by atoms with Crippen molar-refractivity contribution < 1.29 is 47.7 Å². The number of carbonyl (C=O) groups excluding carboxylic acids is 6. The molecule has 0 saturated heterocycles. The summed E-state index contributed by atoms with van der Waals surface area (Å²) in [7, 11) is 0. The van der Waals surface area contributed by atoms with E-state index in [2.05, 4.69) is 16.8 Å². The SMILES string of the molecule is C=C(C)C(=O)OCCCCCCOc1ccc(N=Nc2ccc(C(=O)Oc3ccc(/C=C/C(=O)c4ccc(OC(=O)CCC5C(=O)C=CC5=O)cc4)cc3)cc2)cc1. The Morgan fingerprint density at radius 1 is 0.655 bits per heavy atom. The van der Waals surface area contributed by atoms with Crippen molar-refractivity contribution in [2.45, 2.75) is 45.4 Å². The van der Waals surface area contributed by atoms with Crippen molar-refractivity contribution in [3.8, 4) is 17.2 Å². The molecule has 0 atom stereocenters. The number of ketones is 3. The Bertz CT molecular complexity index is 2180. The first-order chi connectivity index (χ1) is 28.0. The van der Waals surface area contributed by atoms with Gasteiger partial charge < -0.3 is 18.9 Å². The Kier molecular flexibility index (Phi) is 15.4. The maximum atomic E-state index is 12.8. The molecule has 12 heteroatoms. The van der Waals surface area contributed by atoms with Crippen molar-refractivity contribution in [2.24, 2.45) is 16.1 Å². The molecule has 12 nitrogen and oxygen atoms in total. The van der Waals surface area contributed by atoms with Crippen LogP contribution in [-0.4, -0.2) is 48.5 Å². The fraction of sp³-hybridized carbons (Fsp3) is 0.217. The quantitative estimate of drug-likeness (QED) is 0.0161. The number of carbonyl (C=O) groups is 6. The van der Waals surface area contributed by atoms with Gasteiger partial charge >= 0.3 is 17.9 Å². The molecule has 0 radical (unpaired) electrons. The zero-order chi connectivity index (χ0) is 41.3. The summed E-state index contributed by atoms with van der Waals surface area (Å²) in [5.74, 6) is -1.91. The van der Waals surface area contributed by atoms with Crippen molar-refractivity contribution in [1.29, 1.82) is 0 Å². The van der Waals surface area contributed by atoms with E-state index in [0.717, 1.165) is 31.4 Å². The molecular formula is C46H42N2O10. The largest absolute Gasteiger partial charge is 0.494 e. The van der Waals surface area contributed by atoms with E-state index >= 15 is 0 Å². The third kappa shape index (κ3) is 13.3. The summed E-state index contributed by atoms with van der Waals surface area (Å²) in [6, 6.07) is 26.5. The van der Waals surface area contributed by atoms with Crippen LogP contribution in [0.3, 0.4) is 0 Å². The normalized spacial score (nSPS) is 12.6. The molecule has 0 saturated carbocycles. The van der Waals surface area contributed by atoms with Crippen LogP contribution in [0.4, 0.5) is 11.4 Å². The number of benzene rings is 4. The minimum atomic E-state index is -0.827. The van der Waals surface area contributed by atoms with Crippen LogP contribution in [0.25, 0.3) is 6.08 Å². The van der Waals surface area contributed by atoms with Crippen LogP contribution >= 0.6 is 0 Å². The number of azo groups is 1. The summed E-state index contributed by atoms with van der Waals surface area (Å²) in [6.07, 6.45) is 9.04. The van der Waals surface area contributed by atoms with Crippen molar-refractivity contribution in [1.82, 2.24) is 0 Å². The lowest BCUT2D eigenvalue weighted by atomic mass is 9.99. The summed E-state index contributed by atoms with van der Waals surface area (Å²) < 4.78 is 21.7. The minimum Gasteiger partial charge on any atom is -0.494 e. The van der Waals surface area contributed by atoms with E-state index in [1.807, 2.05) is 12.1 Å². The first kappa shape index (κ1) is 42.1. The summed E-state index contributed by atoms with van der Waals surface area (Å²) >= 11 is 0. The lowest BCUT2D eigenvalue weighted by Crippen LogP contribution is -2.18. The monoisotopic (exact) mass is 782 g/mol. The predicted molar refractivity (Wildman–Crippen MR) is 216 cm³/mol. The fourth-order valence-electron chi connectivity index (χ4n) is 5.46. The Morgan fingerprint density at radius 3 is 1.81 bits per heavy atom. The van der Waals surface area contributed by atoms with Gasteiger partial charge in [-0.15, -0.1) is 0 Å². The third-order valence-electron chi connectivity index (χ3n) is 8.73. The van der Waals surface area contributed by atoms with Gasteiger partial charge in [0.05, 0.1) is 36.1 Å². The van der Waals surface area contributed by atoms with E-state index in [9.17, 15) is 28.8 Å². The summed E-state index contributed by atoms with van der Waals surface area (Å²) in [5.41, 5.74) is 3.01. The van der Waals surface area contributed by atoms with Crippen LogP contribution in [0.1, 0.15) is 71.7 Å². The molecule has 0 unspecified atom stereocenters. The number of esters is 3. The Morgan fingerprint density at radius 2 is 1.19 bits per heavy atom. The lowest BCUT2D eigenvalue weighted by molar-refractivity contribution is -0.139. The highest BCUT2D eigenvalue weighted by atomic mass is 16.5. The molecule has 0 heterocycles. The number of hydrogen-bond acceptors (Lipinski definition) is 12. The smallest absolute Gasteiger partial charge is 0.343 e. The van der Waals surface area contributed by atoms with Crippen molar-refractivity contribution in [3.63, 3.8) is 0 Å².